The van der Waals surface area contributed by atoms with E-state index < -0.39 is 7.60 Å². The minimum absolute atomic E-state index is 0.0162. The number of aryl methyl sites for hydroxylation is 3. The second-order valence-corrected chi connectivity index (χ2v) is 11.8. The molecule has 0 aliphatic carbocycles. The number of hydrogen-bond acceptors (Lipinski definition) is 3. The molecule has 184 valence electrons. The standard InChI is InChI=1S/C28H37O4PS/c1-22-9-10-25(19-23(22)2)20-26(27-15-18-34-21-27)8-6-16-32-28-13-11-24(12-14-28)7-4-3-5-17-33(29,30)31/h9-15,18-19,21,26H,3-8,16-17,20H2,1-2H3,(H2,29,30,31). The van der Waals surface area contributed by atoms with Gasteiger partial charge in [0.15, 0.2) is 0 Å². The Morgan fingerprint density at radius 3 is 2.35 bits per heavy atom. The average Bonchev–Trinajstić information content (AvgIpc) is 3.33. The van der Waals surface area contributed by atoms with Crippen LogP contribution in [0.4, 0.5) is 0 Å². The van der Waals surface area contributed by atoms with E-state index in [0.717, 1.165) is 44.3 Å². The van der Waals surface area contributed by atoms with Gasteiger partial charge < -0.3 is 14.5 Å². The molecule has 1 atom stereocenters. The Morgan fingerprint density at radius 1 is 0.912 bits per heavy atom. The van der Waals surface area contributed by atoms with Gasteiger partial charge in [-0.25, -0.2) is 0 Å². The molecule has 0 radical (unpaired) electrons. The summed E-state index contributed by atoms with van der Waals surface area (Å²) in [7, 11) is -3.86. The molecule has 4 nitrogen and oxygen atoms in total. The quantitative estimate of drug-likeness (QED) is 0.178. The molecule has 0 aliphatic heterocycles. The molecule has 0 saturated carbocycles. The van der Waals surface area contributed by atoms with Gasteiger partial charge in [-0.3, -0.25) is 4.57 Å². The molecule has 1 aromatic heterocycles. The first-order valence-corrected chi connectivity index (χ1v) is 14.9. The van der Waals surface area contributed by atoms with Gasteiger partial charge in [0.1, 0.15) is 5.75 Å². The van der Waals surface area contributed by atoms with Crippen molar-refractivity contribution in [3.63, 3.8) is 0 Å². The van der Waals surface area contributed by atoms with Crippen LogP contribution in [0.3, 0.4) is 0 Å². The van der Waals surface area contributed by atoms with Gasteiger partial charge in [0.2, 0.25) is 0 Å². The lowest BCUT2D eigenvalue weighted by atomic mass is 9.89. The zero-order chi connectivity index (χ0) is 24.4. The molecule has 0 amide bonds. The first-order chi connectivity index (χ1) is 16.3. The van der Waals surface area contributed by atoms with Crippen LogP contribution in [-0.4, -0.2) is 22.6 Å². The number of ether oxygens (including phenoxy) is 1. The molecule has 1 heterocycles. The lowest BCUT2D eigenvalue weighted by Gasteiger charge is -2.17. The fraction of sp³-hybridized carbons (Fsp3) is 0.429. The normalized spacial score (nSPS) is 12.6. The molecular weight excluding hydrogens is 463 g/mol. The summed E-state index contributed by atoms with van der Waals surface area (Å²) in [6.07, 6.45) is 6.40. The molecule has 0 spiro atoms. The minimum Gasteiger partial charge on any atom is -0.494 e. The summed E-state index contributed by atoms with van der Waals surface area (Å²) >= 11 is 1.76. The summed E-state index contributed by atoms with van der Waals surface area (Å²) in [5, 5.41) is 4.44. The highest BCUT2D eigenvalue weighted by Crippen LogP contribution is 2.35. The van der Waals surface area contributed by atoms with Crippen molar-refractivity contribution in [2.24, 2.45) is 0 Å². The highest BCUT2D eigenvalue weighted by molar-refractivity contribution is 7.51. The van der Waals surface area contributed by atoms with E-state index in [9.17, 15) is 4.57 Å². The number of thiophene rings is 1. The number of rotatable bonds is 14. The van der Waals surface area contributed by atoms with E-state index >= 15 is 0 Å². The van der Waals surface area contributed by atoms with Gasteiger partial charge in [0.25, 0.3) is 0 Å². The maximum absolute atomic E-state index is 10.9. The van der Waals surface area contributed by atoms with Crippen molar-refractivity contribution < 1.29 is 19.1 Å². The molecule has 2 aromatic carbocycles. The van der Waals surface area contributed by atoms with Crippen LogP contribution < -0.4 is 4.74 Å². The molecule has 3 aromatic rings. The van der Waals surface area contributed by atoms with Crippen molar-refractivity contribution in [1.29, 1.82) is 0 Å². The van der Waals surface area contributed by atoms with E-state index in [4.69, 9.17) is 14.5 Å². The van der Waals surface area contributed by atoms with Gasteiger partial charge in [-0.2, -0.15) is 11.3 Å². The molecule has 2 N–H and O–H groups in total. The molecule has 0 saturated heterocycles. The average molecular weight is 501 g/mol. The Hall–Kier alpha value is -1.91. The van der Waals surface area contributed by atoms with Gasteiger partial charge in [-0.1, -0.05) is 36.8 Å². The molecular formula is C28H37O4PS. The van der Waals surface area contributed by atoms with Crippen LogP contribution >= 0.6 is 18.9 Å². The van der Waals surface area contributed by atoms with Gasteiger partial charge in [0.05, 0.1) is 6.61 Å². The molecule has 0 fully saturated rings. The fourth-order valence-electron chi connectivity index (χ4n) is 4.20. The Kier molecular flexibility index (Phi) is 10.4. The highest BCUT2D eigenvalue weighted by Gasteiger charge is 2.14. The summed E-state index contributed by atoms with van der Waals surface area (Å²) in [5.74, 6) is 1.40. The summed E-state index contributed by atoms with van der Waals surface area (Å²) in [5.41, 5.74) is 6.75. The van der Waals surface area contributed by atoms with Crippen LogP contribution in [0, 0.1) is 13.8 Å². The third-order valence-corrected chi connectivity index (χ3v) is 7.97. The zero-order valence-electron chi connectivity index (χ0n) is 20.3. The van der Waals surface area contributed by atoms with Gasteiger partial charge in [-0.05, 0) is 115 Å². The Balaban J connectivity index is 1.41. The topological polar surface area (TPSA) is 66.8 Å². The van der Waals surface area contributed by atoms with Crippen LogP contribution in [0.25, 0.3) is 0 Å². The molecule has 0 aliphatic rings. The summed E-state index contributed by atoms with van der Waals surface area (Å²) in [6, 6.07) is 17.3. The van der Waals surface area contributed by atoms with E-state index in [0.29, 0.717) is 18.9 Å². The first kappa shape index (κ1) is 26.7. The second-order valence-electron chi connectivity index (χ2n) is 9.21. The maximum atomic E-state index is 10.9. The van der Waals surface area contributed by atoms with Gasteiger partial charge in [-0.15, -0.1) is 0 Å². The van der Waals surface area contributed by atoms with Crippen molar-refractivity contribution in [3.8, 4) is 5.75 Å². The molecule has 6 heteroatoms. The third-order valence-electron chi connectivity index (χ3n) is 6.37. The van der Waals surface area contributed by atoms with Crippen LogP contribution in [-0.2, 0) is 17.4 Å². The second kappa shape index (κ2) is 13.3. The van der Waals surface area contributed by atoms with Crippen LogP contribution in [0.1, 0.15) is 65.8 Å². The summed E-state index contributed by atoms with van der Waals surface area (Å²) in [4.78, 5) is 17.8. The van der Waals surface area contributed by atoms with Crippen molar-refractivity contribution in [2.45, 2.75) is 64.7 Å². The van der Waals surface area contributed by atoms with Crippen LogP contribution in [0.2, 0.25) is 0 Å². The zero-order valence-corrected chi connectivity index (χ0v) is 22.0. The molecule has 1 unspecified atom stereocenters. The van der Waals surface area contributed by atoms with E-state index in [1.807, 2.05) is 12.1 Å². The smallest absolute Gasteiger partial charge is 0.325 e. The van der Waals surface area contributed by atoms with E-state index in [1.165, 1.54) is 27.8 Å². The van der Waals surface area contributed by atoms with Crippen LogP contribution in [0.5, 0.6) is 5.75 Å². The van der Waals surface area contributed by atoms with E-state index in [-0.39, 0.29) is 6.16 Å². The summed E-state index contributed by atoms with van der Waals surface area (Å²) in [6.45, 7) is 5.05. The number of unbranched alkanes of at least 4 members (excludes halogenated alkanes) is 2. The highest BCUT2D eigenvalue weighted by atomic mass is 32.1. The van der Waals surface area contributed by atoms with Crippen molar-refractivity contribution in [3.05, 3.63) is 87.1 Å². The predicted octanol–water partition coefficient (Wildman–Crippen LogP) is 7.44. The monoisotopic (exact) mass is 500 g/mol. The number of hydrogen-bond donors (Lipinski definition) is 2. The SMILES string of the molecule is Cc1ccc(CC(CCCOc2ccc(CCCCCP(=O)(O)O)cc2)c2ccsc2)cc1C. The number of benzene rings is 2. The lowest BCUT2D eigenvalue weighted by Crippen LogP contribution is -2.06. The van der Waals surface area contributed by atoms with Crippen molar-refractivity contribution in [1.82, 2.24) is 0 Å². The van der Waals surface area contributed by atoms with Crippen LogP contribution in [0.15, 0.2) is 59.3 Å². The Labute approximate surface area is 208 Å². The first-order valence-electron chi connectivity index (χ1n) is 12.1. The molecule has 0 bridgehead atoms. The Bertz CT molecular complexity index is 1040. The fourth-order valence-corrected chi connectivity index (χ4v) is 5.58. The lowest BCUT2D eigenvalue weighted by molar-refractivity contribution is 0.301. The Morgan fingerprint density at radius 2 is 1.68 bits per heavy atom. The molecule has 34 heavy (non-hydrogen) atoms. The maximum Gasteiger partial charge on any atom is 0.325 e. The largest absolute Gasteiger partial charge is 0.494 e. The summed E-state index contributed by atoms with van der Waals surface area (Å²) < 4.78 is 16.9. The van der Waals surface area contributed by atoms with Gasteiger partial charge >= 0.3 is 7.60 Å². The third kappa shape index (κ3) is 9.38. The van der Waals surface area contributed by atoms with Crippen molar-refractivity contribution >= 4 is 18.9 Å². The van der Waals surface area contributed by atoms with Crippen molar-refractivity contribution in [2.75, 3.05) is 12.8 Å². The van der Waals surface area contributed by atoms with Gasteiger partial charge in [0, 0.05) is 6.16 Å². The van der Waals surface area contributed by atoms with E-state index in [2.05, 4.69) is 61.0 Å². The minimum atomic E-state index is -3.86. The molecule has 3 rings (SSSR count). The predicted molar refractivity (Wildman–Crippen MR) is 142 cm³/mol. The van der Waals surface area contributed by atoms with E-state index in [1.54, 1.807) is 11.3 Å².